The zero-order valence-electron chi connectivity index (χ0n) is 19.4. The molecule has 1 fully saturated rings. The van der Waals surface area contributed by atoms with E-state index in [0.29, 0.717) is 18.8 Å². The molecule has 3 amide bonds. The van der Waals surface area contributed by atoms with Crippen molar-refractivity contribution in [2.24, 2.45) is 0 Å². The standard InChI is InChI=1S/C25H25FN6O3S/c26-19-14-18(29-24(36)31-22(33)13-17-7-3-1-4-8-17)9-10-20(19)35-23-15-21(27-16-28-23)30-25(34)32-11-5-2-6-12-32/h1,3-4,7-10,14-16H,2,5-6,11-13H2,(H,27,28,30,34)(H2,29,31,33,36). The van der Waals surface area contributed by atoms with Gasteiger partial charge in [0.1, 0.15) is 12.1 Å². The lowest BCUT2D eigenvalue weighted by molar-refractivity contribution is -0.119. The van der Waals surface area contributed by atoms with Gasteiger partial charge in [0.25, 0.3) is 0 Å². The third-order valence-corrected chi connectivity index (χ3v) is 5.59. The van der Waals surface area contributed by atoms with Crippen molar-refractivity contribution >= 4 is 40.8 Å². The summed E-state index contributed by atoms with van der Waals surface area (Å²) in [6.07, 6.45) is 4.46. The minimum atomic E-state index is -0.670. The van der Waals surface area contributed by atoms with Crippen LogP contribution in [0.25, 0.3) is 0 Å². The summed E-state index contributed by atoms with van der Waals surface area (Å²) in [4.78, 5) is 34.3. The smallest absolute Gasteiger partial charge is 0.323 e. The third-order valence-electron chi connectivity index (χ3n) is 5.38. The second kappa shape index (κ2) is 12.0. The molecule has 36 heavy (non-hydrogen) atoms. The molecular formula is C25H25FN6O3S. The Morgan fingerprint density at radius 2 is 1.78 bits per heavy atom. The number of hydrogen-bond donors (Lipinski definition) is 3. The first-order chi connectivity index (χ1) is 17.5. The number of halogens is 1. The Morgan fingerprint density at radius 1 is 1.00 bits per heavy atom. The lowest BCUT2D eigenvalue weighted by atomic mass is 10.1. The van der Waals surface area contributed by atoms with Crippen LogP contribution in [0.15, 0.2) is 60.9 Å². The van der Waals surface area contributed by atoms with Crippen molar-refractivity contribution in [3.8, 4) is 11.6 Å². The van der Waals surface area contributed by atoms with Crippen LogP contribution in [-0.2, 0) is 11.2 Å². The Labute approximate surface area is 213 Å². The topological polar surface area (TPSA) is 108 Å². The molecule has 0 radical (unpaired) electrons. The van der Waals surface area contributed by atoms with Gasteiger partial charge in [-0.1, -0.05) is 30.3 Å². The molecule has 0 atom stereocenters. The number of hydrogen-bond acceptors (Lipinski definition) is 6. The molecule has 0 saturated carbocycles. The monoisotopic (exact) mass is 508 g/mol. The summed E-state index contributed by atoms with van der Waals surface area (Å²) in [5, 5.41) is 8.11. The molecule has 2 aromatic carbocycles. The average molecular weight is 509 g/mol. The molecule has 1 saturated heterocycles. The van der Waals surface area contributed by atoms with Crippen molar-refractivity contribution < 1.29 is 18.7 Å². The van der Waals surface area contributed by atoms with E-state index < -0.39 is 5.82 Å². The Morgan fingerprint density at radius 3 is 2.53 bits per heavy atom. The SMILES string of the molecule is O=C(Cc1ccccc1)NC(=S)Nc1ccc(Oc2cc(NC(=O)N3CCCCC3)ncn2)c(F)c1. The van der Waals surface area contributed by atoms with E-state index in [-0.39, 0.29) is 40.9 Å². The number of amides is 3. The maximum Gasteiger partial charge on any atom is 0.323 e. The van der Waals surface area contributed by atoms with Gasteiger partial charge in [0.15, 0.2) is 16.7 Å². The summed E-state index contributed by atoms with van der Waals surface area (Å²) >= 11 is 5.15. The van der Waals surface area contributed by atoms with Crippen molar-refractivity contribution in [2.75, 3.05) is 23.7 Å². The number of carbonyl (C=O) groups excluding carboxylic acids is 2. The van der Waals surface area contributed by atoms with E-state index in [9.17, 15) is 14.0 Å². The summed E-state index contributed by atoms with van der Waals surface area (Å²) in [7, 11) is 0. The number of thiocarbonyl (C=S) groups is 1. The predicted molar refractivity (Wildman–Crippen MR) is 137 cm³/mol. The van der Waals surface area contributed by atoms with Gasteiger partial charge in [0.2, 0.25) is 11.8 Å². The Kier molecular flexibility index (Phi) is 8.35. The van der Waals surface area contributed by atoms with Gasteiger partial charge in [-0.15, -0.1) is 0 Å². The average Bonchev–Trinajstić information content (AvgIpc) is 2.87. The minimum absolute atomic E-state index is 0.0499. The van der Waals surface area contributed by atoms with Crippen molar-refractivity contribution in [3.63, 3.8) is 0 Å². The quantitative estimate of drug-likeness (QED) is 0.421. The molecule has 0 aliphatic carbocycles. The lowest BCUT2D eigenvalue weighted by Gasteiger charge is -2.26. The molecule has 0 spiro atoms. The molecule has 186 valence electrons. The number of carbonyl (C=O) groups is 2. The maximum atomic E-state index is 14.7. The molecule has 0 unspecified atom stereocenters. The van der Waals surface area contributed by atoms with E-state index >= 15 is 0 Å². The lowest BCUT2D eigenvalue weighted by Crippen LogP contribution is -2.38. The Balaban J connectivity index is 1.31. The van der Waals surface area contributed by atoms with Crippen LogP contribution in [0.5, 0.6) is 11.6 Å². The molecule has 2 heterocycles. The number of urea groups is 1. The number of ether oxygens (including phenoxy) is 1. The Bertz CT molecular complexity index is 1240. The largest absolute Gasteiger partial charge is 0.436 e. The van der Waals surface area contributed by atoms with Crippen LogP contribution in [-0.4, -0.2) is 45.0 Å². The second-order valence-electron chi connectivity index (χ2n) is 8.13. The molecule has 0 bridgehead atoms. The summed E-state index contributed by atoms with van der Waals surface area (Å²) < 4.78 is 20.2. The highest BCUT2D eigenvalue weighted by atomic mass is 32.1. The number of piperidine rings is 1. The fourth-order valence-corrected chi connectivity index (χ4v) is 3.87. The fourth-order valence-electron chi connectivity index (χ4n) is 3.64. The number of nitrogens with zero attached hydrogens (tertiary/aromatic N) is 3. The van der Waals surface area contributed by atoms with Gasteiger partial charge in [-0.25, -0.2) is 19.2 Å². The van der Waals surface area contributed by atoms with Gasteiger partial charge >= 0.3 is 6.03 Å². The molecule has 9 nitrogen and oxygen atoms in total. The predicted octanol–water partition coefficient (Wildman–Crippen LogP) is 4.48. The van der Waals surface area contributed by atoms with E-state index in [1.165, 1.54) is 24.5 Å². The molecule has 11 heteroatoms. The van der Waals surface area contributed by atoms with Gasteiger partial charge in [-0.2, -0.15) is 0 Å². The minimum Gasteiger partial charge on any atom is -0.436 e. The van der Waals surface area contributed by atoms with Crippen LogP contribution in [0.1, 0.15) is 24.8 Å². The highest BCUT2D eigenvalue weighted by Gasteiger charge is 2.17. The van der Waals surface area contributed by atoms with E-state index in [2.05, 4.69) is 25.9 Å². The molecular weight excluding hydrogens is 483 g/mol. The zero-order valence-corrected chi connectivity index (χ0v) is 20.2. The molecule has 4 rings (SSSR count). The number of nitrogens with one attached hydrogen (secondary N) is 3. The van der Waals surface area contributed by atoms with Crippen LogP contribution in [0.4, 0.5) is 20.7 Å². The first-order valence-corrected chi connectivity index (χ1v) is 11.9. The van der Waals surface area contributed by atoms with Crippen molar-refractivity contribution in [3.05, 3.63) is 72.3 Å². The fraction of sp³-hybridized carbons (Fsp3) is 0.240. The van der Waals surface area contributed by atoms with E-state index in [1.807, 2.05) is 30.3 Å². The van der Waals surface area contributed by atoms with Crippen molar-refractivity contribution in [1.29, 1.82) is 0 Å². The first-order valence-electron chi connectivity index (χ1n) is 11.5. The van der Waals surface area contributed by atoms with Crippen LogP contribution >= 0.6 is 12.2 Å². The normalized spacial score (nSPS) is 13.0. The van der Waals surface area contributed by atoms with E-state index in [1.54, 1.807) is 11.0 Å². The maximum absolute atomic E-state index is 14.7. The second-order valence-corrected chi connectivity index (χ2v) is 8.54. The van der Waals surface area contributed by atoms with Crippen LogP contribution in [0.2, 0.25) is 0 Å². The highest BCUT2D eigenvalue weighted by molar-refractivity contribution is 7.80. The van der Waals surface area contributed by atoms with Crippen LogP contribution in [0, 0.1) is 5.82 Å². The number of rotatable bonds is 6. The molecule has 1 aromatic heterocycles. The number of anilines is 2. The van der Waals surface area contributed by atoms with Crippen LogP contribution < -0.4 is 20.7 Å². The first kappa shape index (κ1) is 25.0. The van der Waals surface area contributed by atoms with Gasteiger partial charge in [0.05, 0.1) is 6.42 Å². The third kappa shape index (κ3) is 7.19. The van der Waals surface area contributed by atoms with E-state index in [4.69, 9.17) is 17.0 Å². The summed E-state index contributed by atoms with van der Waals surface area (Å²) in [5.41, 5.74) is 1.19. The molecule has 1 aliphatic rings. The summed E-state index contributed by atoms with van der Waals surface area (Å²) in [6, 6.07) is 14.6. The number of likely N-dealkylation sites (tertiary alicyclic amines) is 1. The van der Waals surface area contributed by atoms with Gasteiger partial charge < -0.3 is 20.3 Å². The summed E-state index contributed by atoms with van der Waals surface area (Å²) in [5.74, 6) is -0.707. The highest BCUT2D eigenvalue weighted by Crippen LogP contribution is 2.26. The summed E-state index contributed by atoms with van der Waals surface area (Å²) in [6.45, 7) is 1.40. The van der Waals surface area contributed by atoms with Crippen LogP contribution in [0.3, 0.4) is 0 Å². The molecule has 1 aliphatic heterocycles. The number of benzene rings is 2. The molecule has 3 N–H and O–H groups in total. The van der Waals surface area contributed by atoms with Gasteiger partial charge in [-0.05, 0) is 49.2 Å². The Hall–Kier alpha value is -4.12. The van der Waals surface area contributed by atoms with Gasteiger partial charge in [0, 0.05) is 30.9 Å². The van der Waals surface area contributed by atoms with Crippen molar-refractivity contribution in [1.82, 2.24) is 20.2 Å². The number of aromatic nitrogens is 2. The zero-order chi connectivity index (χ0) is 25.3. The van der Waals surface area contributed by atoms with Crippen molar-refractivity contribution in [2.45, 2.75) is 25.7 Å². The van der Waals surface area contributed by atoms with Gasteiger partial charge in [-0.3, -0.25) is 10.1 Å². The molecule has 3 aromatic rings. The van der Waals surface area contributed by atoms with E-state index in [0.717, 1.165) is 24.8 Å².